The largest absolute Gasteiger partial charge is 0.493 e. The fourth-order valence-electron chi connectivity index (χ4n) is 3.18. The zero-order chi connectivity index (χ0) is 24.1. The summed E-state index contributed by atoms with van der Waals surface area (Å²) in [6, 6.07) is 8.22. The molecule has 1 aliphatic rings. The van der Waals surface area contributed by atoms with E-state index in [1.165, 1.54) is 39.3 Å². The number of allylic oxidation sites excluding steroid dienone is 1. The van der Waals surface area contributed by atoms with E-state index in [-0.39, 0.29) is 23.0 Å². The SMILES string of the molecule is COc1cccc(C=C2Oc3cc(OCC(=O)NC(C(=O)O)C(C)O)ccc3C2=O)c1OC. The van der Waals surface area contributed by atoms with Crippen LogP contribution in [0.5, 0.6) is 23.0 Å². The number of methoxy groups -OCH3 is 2. The van der Waals surface area contributed by atoms with Crippen LogP contribution in [0.1, 0.15) is 22.8 Å². The van der Waals surface area contributed by atoms with Gasteiger partial charge in [-0.3, -0.25) is 9.59 Å². The van der Waals surface area contributed by atoms with Crippen molar-refractivity contribution in [3.05, 3.63) is 53.3 Å². The van der Waals surface area contributed by atoms with Gasteiger partial charge >= 0.3 is 5.97 Å². The van der Waals surface area contributed by atoms with Crippen LogP contribution in [0.3, 0.4) is 0 Å². The normalized spacial score (nSPS) is 15.3. The molecule has 0 aromatic heterocycles. The Bertz CT molecular complexity index is 1110. The van der Waals surface area contributed by atoms with Gasteiger partial charge in [0.25, 0.3) is 5.91 Å². The van der Waals surface area contributed by atoms with Gasteiger partial charge in [-0.2, -0.15) is 0 Å². The number of carbonyl (C=O) groups excluding carboxylic acids is 2. The summed E-state index contributed by atoms with van der Waals surface area (Å²) in [5.74, 6) is -0.912. The minimum Gasteiger partial charge on any atom is -0.493 e. The summed E-state index contributed by atoms with van der Waals surface area (Å²) in [7, 11) is 3.00. The number of carboxylic acids is 1. The number of carbonyl (C=O) groups is 3. The first kappa shape index (κ1) is 23.6. The number of Topliss-reactive ketones (excluding diaryl/α,β-unsaturated/α-hetero) is 1. The van der Waals surface area contributed by atoms with Crippen LogP contribution in [0.25, 0.3) is 6.08 Å². The van der Waals surface area contributed by atoms with Crippen LogP contribution in [0.15, 0.2) is 42.2 Å². The lowest BCUT2D eigenvalue weighted by atomic mass is 10.1. The van der Waals surface area contributed by atoms with E-state index in [1.807, 2.05) is 0 Å². The third kappa shape index (κ3) is 5.24. The summed E-state index contributed by atoms with van der Waals surface area (Å²) in [6.45, 7) is 0.758. The standard InChI is InChI=1S/C23H23NO9/c1-12(25)20(23(28)29)24-19(26)11-32-14-7-8-15-17(10-14)33-18(21(15)27)9-13-5-4-6-16(30-2)22(13)31-3/h4-10,12,20,25H,11H2,1-3H3,(H,24,26)(H,28,29). The monoisotopic (exact) mass is 457 g/mol. The van der Waals surface area contributed by atoms with E-state index in [2.05, 4.69) is 5.32 Å². The Morgan fingerprint density at radius 2 is 1.94 bits per heavy atom. The molecule has 174 valence electrons. The highest BCUT2D eigenvalue weighted by molar-refractivity contribution is 6.14. The molecular weight excluding hydrogens is 434 g/mol. The molecular formula is C23H23NO9. The van der Waals surface area contributed by atoms with Crippen LogP contribution < -0.4 is 24.3 Å². The van der Waals surface area contributed by atoms with E-state index in [9.17, 15) is 19.5 Å². The summed E-state index contributed by atoms with van der Waals surface area (Å²) >= 11 is 0. The Labute approximate surface area is 189 Å². The number of aliphatic hydroxyl groups is 1. The summed E-state index contributed by atoms with van der Waals surface area (Å²) in [5.41, 5.74) is 0.909. The molecule has 0 bridgehead atoms. The van der Waals surface area contributed by atoms with E-state index < -0.39 is 30.6 Å². The maximum Gasteiger partial charge on any atom is 0.328 e. The molecule has 33 heavy (non-hydrogen) atoms. The number of para-hydroxylation sites is 1. The van der Waals surface area contributed by atoms with Gasteiger partial charge in [-0.05, 0) is 31.2 Å². The van der Waals surface area contributed by atoms with Gasteiger partial charge in [0.05, 0.1) is 25.9 Å². The molecule has 0 fully saturated rings. The Balaban J connectivity index is 1.72. The lowest BCUT2D eigenvalue weighted by Crippen LogP contribution is -2.49. The molecule has 10 nitrogen and oxygen atoms in total. The van der Waals surface area contributed by atoms with Gasteiger partial charge in [-0.25, -0.2) is 4.79 Å². The van der Waals surface area contributed by atoms with Crippen LogP contribution in [-0.2, 0) is 9.59 Å². The first-order chi connectivity index (χ1) is 15.7. The van der Waals surface area contributed by atoms with Crippen molar-refractivity contribution in [1.82, 2.24) is 5.32 Å². The number of carboxylic acid groups (broad SMARTS) is 1. The molecule has 1 amide bonds. The van der Waals surface area contributed by atoms with E-state index in [1.54, 1.807) is 24.3 Å². The van der Waals surface area contributed by atoms with Crippen molar-refractivity contribution in [1.29, 1.82) is 0 Å². The maximum atomic E-state index is 12.7. The van der Waals surface area contributed by atoms with Crippen molar-refractivity contribution in [3.63, 3.8) is 0 Å². The van der Waals surface area contributed by atoms with Crippen molar-refractivity contribution < 1.29 is 43.5 Å². The number of fused-ring (bicyclic) bond motifs is 1. The average molecular weight is 457 g/mol. The first-order valence-corrected chi connectivity index (χ1v) is 9.87. The molecule has 2 unspecified atom stereocenters. The number of hydrogen-bond donors (Lipinski definition) is 3. The predicted molar refractivity (Wildman–Crippen MR) is 116 cm³/mol. The molecule has 2 atom stereocenters. The highest BCUT2D eigenvalue weighted by atomic mass is 16.5. The molecule has 2 aromatic carbocycles. The van der Waals surface area contributed by atoms with Gasteiger partial charge < -0.3 is 34.5 Å². The molecule has 10 heteroatoms. The van der Waals surface area contributed by atoms with Crippen molar-refractivity contribution in [3.8, 4) is 23.0 Å². The van der Waals surface area contributed by atoms with E-state index in [0.29, 0.717) is 22.6 Å². The van der Waals surface area contributed by atoms with Crippen molar-refractivity contribution in [2.45, 2.75) is 19.1 Å². The van der Waals surface area contributed by atoms with Crippen LogP contribution in [0.4, 0.5) is 0 Å². The van der Waals surface area contributed by atoms with Gasteiger partial charge in [-0.1, -0.05) is 12.1 Å². The second-order valence-electron chi connectivity index (χ2n) is 7.09. The Morgan fingerprint density at radius 3 is 2.58 bits per heavy atom. The zero-order valence-electron chi connectivity index (χ0n) is 18.2. The van der Waals surface area contributed by atoms with Crippen LogP contribution in [0, 0.1) is 0 Å². The second-order valence-corrected chi connectivity index (χ2v) is 7.09. The maximum absolute atomic E-state index is 12.7. The topological polar surface area (TPSA) is 141 Å². The molecule has 1 heterocycles. The molecule has 3 N–H and O–H groups in total. The summed E-state index contributed by atoms with van der Waals surface area (Å²) in [4.78, 5) is 35.8. The number of benzene rings is 2. The van der Waals surface area contributed by atoms with Gasteiger partial charge in [0.1, 0.15) is 11.5 Å². The van der Waals surface area contributed by atoms with Gasteiger partial charge in [0.15, 0.2) is 29.9 Å². The third-order valence-corrected chi connectivity index (χ3v) is 4.80. The van der Waals surface area contributed by atoms with Crippen molar-refractivity contribution >= 4 is 23.7 Å². The Kier molecular flexibility index (Phi) is 7.19. The number of ketones is 1. The number of rotatable bonds is 9. The minimum absolute atomic E-state index is 0.0766. The molecule has 0 radical (unpaired) electrons. The minimum atomic E-state index is -1.46. The molecule has 3 rings (SSSR count). The van der Waals surface area contributed by atoms with E-state index in [4.69, 9.17) is 24.1 Å². The van der Waals surface area contributed by atoms with Crippen molar-refractivity contribution in [2.75, 3.05) is 20.8 Å². The Morgan fingerprint density at radius 1 is 1.18 bits per heavy atom. The molecule has 0 aliphatic carbocycles. The van der Waals surface area contributed by atoms with Crippen molar-refractivity contribution in [2.24, 2.45) is 0 Å². The summed E-state index contributed by atoms with van der Waals surface area (Å²) in [5, 5.41) is 20.6. The highest BCUT2D eigenvalue weighted by Gasteiger charge is 2.29. The number of ether oxygens (including phenoxy) is 4. The second kappa shape index (κ2) is 10.0. The number of aliphatic carboxylic acids is 1. The number of nitrogens with one attached hydrogen (secondary N) is 1. The molecule has 2 aromatic rings. The van der Waals surface area contributed by atoms with Gasteiger partial charge in [0, 0.05) is 11.6 Å². The predicted octanol–water partition coefficient (Wildman–Crippen LogP) is 1.65. The number of aliphatic hydroxyl groups excluding tert-OH is 1. The van der Waals surface area contributed by atoms with Crippen LogP contribution in [0.2, 0.25) is 0 Å². The van der Waals surface area contributed by atoms with E-state index in [0.717, 1.165) is 0 Å². The average Bonchev–Trinajstić information content (AvgIpc) is 3.09. The highest BCUT2D eigenvalue weighted by Crippen LogP contribution is 2.37. The first-order valence-electron chi connectivity index (χ1n) is 9.87. The molecule has 0 saturated heterocycles. The molecule has 0 spiro atoms. The van der Waals surface area contributed by atoms with Crippen LogP contribution >= 0.6 is 0 Å². The van der Waals surface area contributed by atoms with Crippen LogP contribution in [-0.4, -0.2) is 60.8 Å². The summed E-state index contributed by atoms with van der Waals surface area (Å²) < 4.78 is 21.7. The number of amides is 1. The lowest BCUT2D eigenvalue weighted by Gasteiger charge is -2.17. The zero-order valence-corrected chi connectivity index (χ0v) is 18.2. The lowest BCUT2D eigenvalue weighted by molar-refractivity contribution is -0.145. The third-order valence-electron chi connectivity index (χ3n) is 4.80. The quantitative estimate of drug-likeness (QED) is 0.479. The summed E-state index contributed by atoms with van der Waals surface area (Å²) in [6.07, 6.45) is 0.263. The Hall–Kier alpha value is -4.05. The van der Waals surface area contributed by atoms with E-state index >= 15 is 0 Å². The smallest absolute Gasteiger partial charge is 0.328 e. The fourth-order valence-corrected chi connectivity index (χ4v) is 3.18. The van der Waals surface area contributed by atoms with Gasteiger partial charge in [-0.15, -0.1) is 0 Å². The fraction of sp³-hybridized carbons (Fsp3) is 0.261. The molecule has 0 saturated carbocycles. The molecule has 1 aliphatic heterocycles. The van der Waals surface area contributed by atoms with Gasteiger partial charge in [0.2, 0.25) is 5.78 Å². The number of hydrogen-bond acceptors (Lipinski definition) is 8.